The maximum absolute atomic E-state index is 13.9. The van der Waals surface area contributed by atoms with E-state index in [0.717, 1.165) is 28.2 Å². The smallest absolute Gasteiger partial charge is 0.253 e. The molecule has 0 fully saturated rings. The molecule has 0 saturated heterocycles. The van der Waals surface area contributed by atoms with E-state index in [4.69, 9.17) is 14.2 Å². The lowest BCUT2D eigenvalue weighted by Crippen LogP contribution is -2.49. The van der Waals surface area contributed by atoms with Gasteiger partial charge in [0, 0.05) is 51.3 Å². The highest BCUT2D eigenvalue weighted by Crippen LogP contribution is 2.37. The van der Waals surface area contributed by atoms with Crippen molar-refractivity contribution in [3.8, 4) is 28.4 Å². The number of benzene rings is 3. The van der Waals surface area contributed by atoms with Gasteiger partial charge < -0.3 is 24.2 Å². The van der Waals surface area contributed by atoms with Crippen LogP contribution in [-0.4, -0.2) is 93.3 Å². The molecule has 3 aromatic carbocycles. The van der Waals surface area contributed by atoms with Crippen molar-refractivity contribution in [3.05, 3.63) is 71.8 Å². The lowest BCUT2D eigenvalue weighted by Gasteiger charge is -2.37. The summed E-state index contributed by atoms with van der Waals surface area (Å²) in [5.41, 5.74) is 3.21. The summed E-state index contributed by atoms with van der Waals surface area (Å²) in [4.78, 5) is 16.1. The predicted octanol–water partition coefficient (Wildman–Crippen LogP) is 3.68. The zero-order valence-corrected chi connectivity index (χ0v) is 26.0. The summed E-state index contributed by atoms with van der Waals surface area (Å²) in [5, 5.41) is 9.95. The first-order valence-electron chi connectivity index (χ1n) is 14.3. The third-order valence-electron chi connectivity index (χ3n) is 7.92. The van der Waals surface area contributed by atoms with E-state index in [9.17, 15) is 18.3 Å². The second-order valence-corrected chi connectivity index (χ2v) is 13.4. The van der Waals surface area contributed by atoms with Crippen LogP contribution < -0.4 is 14.2 Å². The minimum Gasteiger partial charge on any atom is -0.487 e. The molecule has 2 aliphatic heterocycles. The highest BCUT2D eigenvalue weighted by Gasteiger charge is 2.38. The van der Waals surface area contributed by atoms with Crippen LogP contribution in [0.25, 0.3) is 11.1 Å². The van der Waals surface area contributed by atoms with Crippen LogP contribution in [0.5, 0.6) is 17.2 Å². The molecular formula is C32H39N3O7S. The van der Waals surface area contributed by atoms with E-state index in [-0.39, 0.29) is 48.5 Å². The molecule has 5 rings (SSSR count). The summed E-state index contributed by atoms with van der Waals surface area (Å²) in [7, 11) is 1.44. The summed E-state index contributed by atoms with van der Waals surface area (Å²) in [6.45, 7) is 4.96. The molecule has 0 radical (unpaired) electrons. The molecule has 3 aromatic rings. The van der Waals surface area contributed by atoms with Crippen LogP contribution in [0.15, 0.2) is 65.6 Å². The fourth-order valence-electron chi connectivity index (χ4n) is 5.41. The topological polar surface area (TPSA) is 109 Å². The van der Waals surface area contributed by atoms with Crippen molar-refractivity contribution >= 4 is 15.9 Å². The average molecular weight is 610 g/mol. The minimum absolute atomic E-state index is 0.0614. The number of sulfonamides is 1. The van der Waals surface area contributed by atoms with Crippen molar-refractivity contribution in [1.82, 2.24) is 14.1 Å². The monoisotopic (exact) mass is 609 g/mol. The molecule has 2 aliphatic rings. The second kappa shape index (κ2) is 12.5. The lowest BCUT2D eigenvalue weighted by molar-refractivity contribution is 0.0734. The van der Waals surface area contributed by atoms with Gasteiger partial charge in [0.25, 0.3) is 5.91 Å². The van der Waals surface area contributed by atoms with Crippen LogP contribution in [-0.2, 0) is 16.6 Å². The molecule has 0 spiro atoms. The number of aliphatic hydroxyl groups is 1. The van der Waals surface area contributed by atoms with Gasteiger partial charge in [-0.1, -0.05) is 31.2 Å². The van der Waals surface area contributed by atoms with Gasteiger partial charge in [0.1, 0.15) is 16.7 Å². The van der Waals surface area contributed by atoms with Crippen LogP contribution in [0.1, 0.15) is 29.8 Å². The standard InChI is InChI=1S/C32H39N3O7S/c1-21-16-35(22(2)19-36)43(38,39)31-13-11-26(24-7-9-25(10-8-24)32(37)33(3)4)15-29(31)42-30(21)18-34(5)17-23-6-12-27-28(14-23)41-20-40-27/h6-15,21-22,30,36H,16-20H2,1-5H3/t21-,22+,30-/m1/s1. The molecule has 0 bridgehead atoms. The number of aliphatic hydroxyl groups excluding tert-OH is 1. The van der Waals surface area contributed by atoms with Gasteiger partial charge >= 0.3 is 0 Å². The first-order chi connectivity index (χ1) is 20.5. The molecule has 0 aromatic heterocycles. The number of fused-ring (bicyclic) bond motifs is 2. The number of hydrogen-bond donors (Lipinski definition) is 1. The Bertz CT molecular complexity index is 1580. The molecule has 1 N–H and O–H groups in total. The first-order valence-corrected chi connectivity index (χ1v) is 15.7. The number of nitrogens with zero attached hydrogens (tertiary/aromatic N) is 3. The highest BCUT2D eigenvalue weighted by molar-refractivity contribution is 7.89. The largest absolute Gasteiger partial charge is 0.487 e. The predicted molar refractivity (Wildman–Crippen MR) is 163 cm³/mol. The second-order valence-electron chi connectivity index (χ2n) is 11.6. The molecule has 2 heterocycles. The molecule has 0 aliphatic carbocycles. The maximum Gasteiger partial charge on any atom is 0.253 e. The van der Waals surface area contributed by atoms with E-state index < -0.39 is 16.1 Å². The average Bonchev–Trinajstić information content (AvgIpc) is 3.46. The summed E-state index contributed by atoms with van der Waals surface area (Å²) >= 11 is 0. The fraction of sp³-hybridized carbons (Fsp3) is 0.406. The van der Waals surface area contributed by atoms with Crippen molar-refractivity contribution in [2.24, 2.45) is 5.92 Å². The van der Waals surface area contributed by atoms with Gasteiger partial charge in [0.2, 0.25) is 16.8 Å². The van der Waals surface area contributed by atoms with Gasteiger partial charge in [-0.25, -0.2) is 8.42 Å². The minimum atomic E-state index is -3.96. The van der Waals surface area contributed by atoms with Crippen LogP contribution in [0.3, 0.4) is 0 Å². The lowest BCUT2D eigenvalue weighted by atomic mass is 10.0. The Morgan fingerprint density at radius 2 is 1.67 bits per heavy atom. The summed E-state index contributed by atoms with van der Waals surface area (Å²) < 4.78 is 46.7. The van der Waals surface area contributed by atoms with Gasteiger partial charge in [-0.2, -0.15) is 4.31 Å². The zero-order valence-electron chi connectivity index (χ0n) is 25.2. The van der Waals surface area contributed by atoms with Crippen molar-refractivity contribution in [1.29, 1.82) is 0 Å². The molecule has 0 saturated carbocycles. The quantitative estimate of drug-likeness (QED) is 0.412. The van der Waals surface area contributed by atoms with Gasteiger partial charge in [-0.3, -0.25) is 9.69 Å². The van der Waals surface area contributed by atoms with Gasteiger partial charge in [-0.15, -0.1) is 0 Å². The van der Waals surface area contributed by atoms with Crippen molar-refractivity contribution in [3.63, 3.8) is 0 Å². The Morgan fingerprint density at radius 1 is 0.977 bits per heavy atom. The van der Waals surface area contributed by atoms with E-state index in [2.05, 4.69) is 4.90 Å². The summed E-state index contributed by atoms with van der Waals surface area (Å²) in [6.07, 6.45) is -0.350. The number of ether oxygens (including phenoxy) is 3. The highest BCUT2D eigenvalue weighted by atomic mass is 32.2. The Hall–Kier alpha value is -3.64. The Labute approximate surface area is 253 Å². The summed E-state index contributed by atoms with van der Waals surface area (Å²) in [5.74, 6) is 1.43. The summed E-state index contributed by atoms with van der Waals surface area (Å²) in [6, 6.07) is 17.5. The van der Waals surface area contributed by atoms with E-state index in [1.165, 1.54) is 9.21 Å². The zero-order chi connectivity index (χ0) is 30.9. The van der Waals surface area contributed by atoms with E-state index in [1.807, 2.05) is 44.3 Å². The maximum atomic E-state index is 13.9. The molecule has 10 nitrogen and oxygen atoms in total. The Morgan fingerprint density at radius 3 is 2.37 bits per heavy atom. The normalized spacial score (nSPS) is 20.1. The Kier molecular flexibility index (Phi) is 8.98. The Balaban J connectivity index is 1.46. The SMILES string of the molecule is C[C@@H]1CN([C@@H](C)CO)S(=O)(=O)c2ccc(-c3ccc(C(=O)N(C)C)cc3)cc2O[C@@H]1CN(C)Cc1ccc2c(c1)OCO2. The van der Waals surface area contributed by atoms with Crippen molar-refractivity contribution in [2.45, 2.75) is 37.4 Å². The van der Waals surface area contributed by atoms with E-state index >= 15 is 0 Å². The van der Waals surface area contributed by atoms with E-state index in [1.54, 1.807) is 51.4 Å². The van der Waals surface area contributed by atoms with Crippen LogP contribution >= 0.6 is 0 Å². The molecule has 11 heteroatoms. The number of amides is 1. The van der Waals surface area contributed by atoms with Gasteiger partial charge in [0.05, 0.1) is 6.61 Å². The number of rotatable bonds is 8. The van der Waals surface area contributed by atoms with Crippen molar-refractivity contribution in [2.75, 3.05) is 47.6 Å². The molecule has 3 atom stereocenters. The third kappa shape index (κ3) is 6.50. The fourth-order valence-corrected chi connectivity index (χ4v) is 7.24. The molecular weight excluding hydrogens is 570 g/mol. The number of likely N-dealkylation sites (N-methyl/N-ethyl adjacent to an activating group) is 1. The molecule has 43 heavy (non-hydrogen) atoms. The third-order valence-corrected chi connectivity index (χ3v) is 9.94. The molecule has 1 amide bonds. The molecule has 230 valence electrons. The van der Waals surface area contributed by atoms with Gasteiger partial charge in [-0.05, 0) is 67.1 Å². The molecule has 0 unspecified atom stereocenters. The van der Waals surface area contributed by atoms with E-state index in [0.29, 0.717) is 18.7 Å². The van der Waals surface area contributed by atoms with Crippen LogP contribution in [0.2, 0.25) is 0 Å². The van der Waals surface area contributed by atoms with Crippen LogP contribution in [0.4, 0.5) is 0 Å². The number of hydrogen-bond acceptors (Lipinski definition) is 8. The van der Waals surface area contributed by atoms with Crippen LogP contribution in [0, 0.1) is 5.92 Å². The number of carbonyl (C=O) groups is 1. The number of carbonyl (C=O) groups excluding carboxylic acids is 1. The van der Waals surface area contributed by atoms with Crippen molar-refractivity contribution < 1.29 is 32.5 Å². The first kappa shape index (κ1) is 30.8. The van der Waals surface area contributed by atoms with Gasteiger partial charge in [0.15, 0.2) is 11.5 Å².